The highest BCUT2D eigenvalue weighted by Gasteiger charge is 2.35. The van der Waals surface area contributed by atoms with E-state index in [0.29, 0.717) is 24.9 Å². The fourth-order valence-electron chi connectivity index (χ4n) is 4.26. The minimum Gasteiger partial charge on any atom is -0.426 e. The van der Waals surface area contributed by atoms with Gasteiger partial charge in [0.2, 0.25) is 5.91 Å². The number of hydrogen-bond donors (Lipinski definition) is 4. The molecule has 3 rings (SSSR count). The second-order valence-corrected chi connectivity index (χ2v) is 9.63. The number of allylic oxidation sites excluding steroid dienone is 1. The summed E-state index contributed by atoms with van der Waals surface area (Å²) in [7, 11) is -1.94. The van der Waals surface area contributed by atoms with Crippen LogP contribution in [0.3, 0.4) is 0 Å². The van der Waals surface area contributed by atoms with Crippen molar-refractivity contribution in [1.82, 2.24) is 15.5 Å². The number of nitrogens with zero attached hydrogens (tertiary/aromatic N) is 2. The number of ether oxygens (including phenoxy) is 1. The second-order valence-electron chi connectivity index (χ2n) is 9.63. The fraction of sp³-hybridized carbons (Fsp3) is 0.560. The van der Waals surface area contributed by atoms with Crippen LogP contribution in [0.5, 0.6) is 0 Å². The predicted octanol–water partition coefficient (Wildman–Crippen LogP) is 1.11. The Morgan fingerprint density at radius 3 is 2.55 bits per heavy atom. The zero-order chi connectivity index (χ0) is 27.7. The highest BCUT2D eigenvalue weighted by molar-refractivity contribution is 6.43. The summed E-state index contributed by atoms with van der Waals surface area (Å²) in [6.45, 7) is -1.49. The number of halogens is 3. The number of carbonyl (C=O) groups is 2. The normalized spacial score (nSPS) is 19.5. The molecule has 4 N–H and O–H groups in total. The van der Waals surface area contributed by atoms with Crippen molar-refractivity contribution >= 4 is 18.9 Å². The molecule has 1 saturated carbocycles. The van der Waals surface area contributed by atoms with Crippen molar-refractivity contribution in [3.8, 4) is 6.07 Å². The van der Waals surface area contributed by atoms with Gasteiger partial charge in [0.15, 0.2) is 0 Å². The summed E-state index contributed by atoms with van der Waals surface area (Å²) in [5.74, 6) is -2.20. The number of amides is 2. The summed E-state index contributed by atoms with van der Waals surface area (Å²) in [6, 6.07) is 8.81. The minimum absolute atomic E-state index is 0.0264. The number of benzene rings is 1. The molecule has 1 heterocycles. The molecule has 0 aromatic heterocycles. The first-order chi connectivity index (χ1) is 18.1. The van der Waals surface area contributed by atoms with E-state index in [-0.39, 0.29) is 30.6 Å². The molecule has 2 unspecified atom stereocenters. The molecule has 1 aliphatic heterocycles. The molecule has 1 saturated heterocycles. The summed E-state index contributed by atoms with van der Waals surface area (Å²) < 4.78 is 44.2. The van der Waals surface area contributed by atoms with Crippen molar-refractivity contribution in [1.29, 1.82) is 5.26 Å². The van der Waals surface area contributed by atoms with E-state index in [9.17, 15) is 38.1 Å². The van der Waals surface area contributed by atoms with Gasteiger partial charge in [-0.2, -0.15) is 18.4 Å². The third-order valence-corrected chi connectivity index (χ3v) is 6.46. The summed E-state index contributed by atoms with van der Waals surface area (Å²) in [5.41, 5.74) is 0.774. The lowest BCUT2D eigenvalue weighted by Gasteiger charge is -2.26. The molecule has 9 nitrogen and oxygen atoms in total. The van der Waals surface area contributed by atoms with Gasteiger partial charge in [-0.25, -0.2) is 0 Å². The minimum atomic E-state index is -4.59. The standard InChI is InChI=1S/C25H32BF3N4O5/c27-25(28,29)16-31-21(23(34)32-22(26(36)37)12-17-5-2-1-3-6-17)15-38-14-20-7-4-10-33(20)24(35)19(13-30)11-18-8-9-18/h1-3,5-6,11,18,20-22,31,36-37H,4,7-10,12,14-16H2,(H,32,34)/t20?,21?,22-/m0/s1. The topological polar surface area (TPSA) is 135 Å². The molecule has 2 fully saturated rings. The quantitative estimate of drug-likeness (QED) is 0.169. The Balaban J connectivity index is 1.60. The van der Waals surface area contributed by atoms with Crippen LogP contribution in [0.4, 0.5) is 13.2 Å². The lowest BCUT2D eigenvalue weighted by Crippen LogP contribution is -2.56. The molecular weight excluding hydrogens is 504 g/mol. The van der Waals surface area contributed by atoms with E-state index < -0.39 is 50.2 Å². The van der Waals surface area contributed by atoms with Crippen molar-refractivity contribution in [3.63, 3.8) is 0 Å². The van der Waals surface area contributed by atoms with Gasteiger partial charge in [0.05, 0.1) is 31.7 Å². The van der Waals surface area contributed by atoms with Crippen LogP contribution in [-0.4, -0.2) is 84.4 Å². The van der Waals surface area contributed by atoms with E-state index in [4.69, 9.17) is 4.74 Å². The number of likely N-dealkylation sites (tertiary alicyclic amines) is 1. The zero-order valence-electron chi connectivity index (χ0n) is 20.9. The average Bonchev–Trinajstić information content (AvgIpc) is 3.58. The van der Waals surface area contributed by atoms with Crippen LogP contribution >= 0.6 is 0 Å². The van der Waals surface area contributed by atoms with E-state index in [1.165, 1.54) is 4.90 Å². The van der Waals surface area contributed by atoms with E-state index in [1.807, 2.05) is 6.07 Å². The van der Waals surface area contributed by atoms with Crippen LogP contribution in [0.25, 0.3) is 0 Å². The predicted molar refractivity (Wildman–Crippen MR) is 132 cm³/mol. The lowest BCUT2D eigenvalue weighted by atomic mass is 9.76. The van der Waals surface area contributed by atoms with Crippen LogP contribution in [0.2, 0.25) is 0 Å². The molecule has 1 aromatic rings. The highest BCUT2D eigenvalue weighted by Crippen LogP contribution is 2.32. The van der Waals surface area contributed by atoms with Gasteiger partial charge in [0.1, 0.15) is 17.7 Å². The Hall–Kier alpha value is -2.92. The lowest BCUT2D eigenvalue weighted by molar-refractivity contribution is -0.135. The van der Waals surface area contributed by atoms with E-state index in [2.05, 4.69) is 10.6 Å². The molecule has 2 amide bonds. The highest BCUT2D eigenvalue weighted by atomic mass is 19.4. The van der Waals surface area contributed by atoms with E-state index in [0.717, 1.165) is 12.8 Å². The van der Waals surface area contributed by atoms with Crippen molar-refractivity contribution in [2.75, 3.05) is 26.3 Å². The number of nitriles is 1. The molecule has 1 aliphatic carbocycles. The molecule has 13 heteroatoms. The molecule has 0 radical (unpaired) electrons. The molecule has 38 heavy (non-hydrogen) atoms. The summed E-state index contributed by atoms with van der Waals surface area (Å²) in [4.78, 5) is 27.2. The smallest absolute Gasteiger partial charge is 0.426 e. The van der Waals surface area contributed by atoms with Crippen LogP contribution in [0.1, 0.15) is 31.2 Å². The number of hydrogen-bond acceptors (Lipinski definition) is 7. The Kier molecular flexibility index (Phi) is 10.7. The fourth-order valence-corrected chi connectivity index (χ4v) is 4.26. The molecule has 0 bridgehead atoms. The average molecular weight is 536 g/mol. The first kappa shape index (κ1) is 29.6. The summed E-state index contributed by atoms with van der Waals surface area (Å²) in [6.07, 6.45) is 0.310. The number of nitrogens with one attached hydrogen (secondary N) is 2. The zero-order valence-corrected chi connectivity index (χ0v) is 20.9. The maximum atomic E-state index is 12.9. The number of rotatable bonds is 13. The molecule has 1 aromatic carbocycles. The molecule has 206 valence electrons. The van der Waals surface area contributed by atoms with Gasteiger partial charge in [0, 0.05) is 6.54 Å². The first-order valence-electron chi connectivity index (χ1n) is 12.6. The maximum absolute atomic E-state index is 12.9. The largest absolute Gasteiger partial charge is 0.475 e. The third kappa shape index (κ3) is 9.43. The van der Waals surface area contributed by atoms with Gasteiger partial charge in [-0.3, -0.25) is 14.9 Å². The Bertz CT molecular complexity index is 1010. The Morgan fingerprint density at radius 2 is 1.95 bits per heavy atom. The monoisotopic (exact) mass is 536 g/mol. The number of alkyl halides is 3. The van der Waals surface area contributed by atoms with Crippen molar-refractivity contribution in [2.24, 2.45) is 5.92 Å². The molecule has 2 aliphatic rings. The van der Waals surface area contributed by atoms with E-state index in [1.54, 1.807) is 36.4 Å². The Morgan fingerprint density at radius 1 is 1.24 bits per heavy atom. The van der Waals surface area contributed by atoms with Crippen LogP contribution in [-0.2, 0) is 20.7 Å². The van der Waals surface area contributed by atoms with Crippen LogP contribution in [0.15, 0.2) is 42.0 Å². The van der Waals surface area contributed by atoms with Gasteiger partial charge in [0.25, 0.3) is 5.91 Å². The van der Waals surface area contributed by atoms with E-state index >= 15 is 0 Å². The third-order valence-electron chi connectivity index (χ3n) is 6.46. The first-order valence-corrected chi connectivity index (χ1v) is 12.6. The van der Waals surface area contributed by atoms with Gasteiger partial charge >= 0.3 is 13.3 Å². The molecule has 0 spiro atoms. The van der Waals surface area contributed by atoms with Crippen molar-refractivity contribution in [3.05, 3.63) is 47.5 Å². The molecule has 3 atom stereocenters. The molecular formula is C25H32BF3N4O5. The summed E-state index contributed by atoms with van der Waals surface area (Å²) in [5, 5.41) is 33.4. The van der Waals surface area contributed by atoms with Gasteiger partial charge < -0.3 is 25.0 Å². The van der Waals surface area contributed by atoms with Gasteiger partial charge in [-0.15, -0.1) is 0 Å². The summed E-state index contributed by atoms with van der Waals surface area (Å²) >= 11 is 0. The van der Waals surface area contributed by atoms with Gasteiger partial charge in [-0.1, -0.05) is 36.4 Å². The Labute approximate surface area is 219 Å². The number of carbonyl (C=O) groups excluding carboxylic acids is 2. The van der Waals surface area contributed by atoms with Crippen LogP contribution in [0, 0.1) is 17.2 Å². The second kappa shape index (κ2) is 13.8. The van der Waals surface area contributed by atoms with Crippen LogP contribution < -0.4 is 10.6 Å². The van der Waals surface area contributed by atoms with Gasteiger partial charge in [-0.05, 0) is 43.6 Å². The SMILES string of the molecule is N#CC(=CC1CC1)C(=O)N1CCCC1COCC(NCC(F)(F)F)C(=O)N[C@@H](Cc1ccccc1)B(O)O. The van der Waals surface area contributed by atoms with Crippen molar-refractivity contribution in [2.45, 2.75) is 56.3 Å². The maximum Gasteiger partial charge on any atom is 0.475 e. The van der Waals surface area contributed by atoms with Crippen molar-refractivity contribution < 1.29 is 37.5 Å².